The van der Waals surface area contributed by atoms with Crippen molar-refractivity contribution in [2.24, 2.45) is 5.92 Å². The number of halogens is 1. The molecule has 0 saturated carbocycles. The largest absolute Gasteiger partial charge is 0.507 e. The molecule has 138 valence electrons. The van der Waals surface area contributed by atoms with Crippen LogP contribution in [0.4, 0.5) is 4.39 Å². The number of aromatic hydroxyl groups is 1. The van der Waals surface area contributed by atoms with Crippen molar-refractivity contribution in [2.45, 2.75) is 12.8 Å². The van der Waals surface area contributed by atoms with E-state index < -0.39 is 5.82 Å². The van der Waals surface area contributed by atoms with Crippen LogP contribution in [-0.4, -0.2) is 37.9 Å². The number of hydrogen-bond donors (Lipinski definition) is 2. The molecule has 0 radical (unpaired) electrons. The minimum absolute atomic E-state index is 0.0823. The Labute approximate surface area is 156 Å². The number of nitrogens with zero attached hydrogens (tertiary/aromatic N) is 4. The lowest BCUT2D eigenvalue weighted by atomic mass is 9.90. The highest BCUT2D eigenvalue weighted by molar-refractivity contribution is 5.69. The Balaban J connectivity index is 1.60. The number of phenolic OH excluding ortho intramolecular Hbond substituents is 1. The van der Waals surface area contributed by atoms with Gasteiger partial charge in [0.2, 0.25) is 0 Å². The van der Waals surface area contributed by atoms with Crippen molar-refractivity contribution >= 4 is 5.57 Å². The van der Waals surface area contributed by atoms with Gasteiger partial charge in [-0.3, -0.25) is 0 Å². The first-order valence-electron chi connectivity index (χ1n) is 8.89. The molecule has 0 amide bonds. The molecule has 4 rings (SSSR count). The summed E-state index contributed by atoms with van der Waals surface area (Å²) in [5.41, 5.74) is 1.70. The topological polar surface area (TPSA) is 75.9 Å². The molecule has 3 heterocycles. The highest BCUT2D eigenvalue weighted by Crippen LogP contribution is 2.32. The Morgan fingerprint density at radius 1 is 1.19 bits per heavy atom. The third kappa shape index (κ3) is 3.46. The van der Waals surface area contributed by atoms with Crippen LogP contribution in [0.25, 0.3) is 22.5 Å². The van der Waals surface area contributed by atoms with Gasteiger partial charge in [-0.2, -0.15) is 0 Å². The molecular formula is C20H20FN5O. The van der Waals surface area contributed by atoms with Crippen molar-refractivity contribution in [1.29, 1.82) is 0 Å². The summed E-state index contributed by atoms with van der Waals surface area (Å²) in [4.78, 5) is 4.34. The zero-order valence-corrected chi connectivity index (χ0v) is 14.8. The number of benzene rings is 1. The summed E-state index contributed by atoms with van der Waals surface area (Å²) in [7, 11) is 0. The van der Waals surface area contributed by atoms with Gasteiger partial charge in [0.15, 0.2) is 5.82 Å². The van der Waals surface area contributed by atoms with Gasteiger partial charge in [-0.25, -0.2) is 9.37 Å². The molecule has 0 atom stereocenters. The SMILES string of the molecule is C=C(c1ncc(-c2cc(F)c(-n3cccc3)cc2O)nn1)C1CCNCC1. The number of piperidine rings is 1. The molecule has 0 unspecified atom stereocenters. The maximum atomic E-state index is 14.5. The fraction of sp³-hybridized carbons (Fsp3) is 0.250. The molecule has 1 saturated heterocycles. The molecule has 7 heteroatoms. The Morgan fingerprint density at radius 2 is 1.93 bits per heavy atom. The van der Waals surface area contributed by atoms with Crippen molar-refractivity contribution in [3.05, 3.63) is 61.1 Å². The highest BCUT2D eigenvalue weighted by atomic mass is 19.1. The predicted molar refractivity (Wildman–Crippen MR) is 101 cm³/mol. The van der Waals surface area contributed by atoms with Crippen LogP contribution in [0.1, 0.15) is 18.7 Å². The standard InChI is InChI=1S/C20H20FN5O/c1-13(14-4-6-22-7-5-14)20-23-12-17(24-25-20)15-10-16(21)18(11-19(15)27)26-8-2-3-9-26/h2-3,8-12,14,22,27H,1,4-7H2. The van der Waals surface area contributed by atoms with Crippen molar-refractivity contribution in [2.75, 3.05) is 13.1 Å². The first-order chi connectivity index (χ1) is 13.1. The molecule has 1 aliphatic heterocycles. The van der Waals surface area contributed by atoms with Crippen molar-refractivity contribution in [3.8, 4) is 22.7 Å². The molecule has 2 aromatic heterocycles. The molecule has 1 aromatic carbocycles. The number of hydrogen-bond acceptors (Lipinski definition) is 5. The van der Waals surface area contributed by atoms with Crippen LogP contribution in [0, 0.1) is 11.7 Å². The van der Waals surface area contributed by atoms with Crippen molar-refractivity contribution < 1.29 is 9.50 Å². The second kappa shape index (κ2) is 7.28. The van der Waals surface area contributed by atoms with E-state index in [2.05, 4.69) is 27.1 Å². The minimum atomic E-state index is -0.469. The van der Waals surface area contributed by atoms with Crippen LogP contribution in [-0.2, 0) is 0 Å². The second-order valence-corrected chi connectivity index (χ2v) is 6.63. The van der Waals surface area contributed by atoms with Crippen molar-refractivity contribution in [3.63, 3.8) is 0 Å². The van der Waals surface area contributed by atoms with Crippen LogP contribution in [0.15, 0.2) is 49.4 Å². The molecule has 3 aromatic rings. The average molecular weight is 365 g/mol. The van der Waals surface area contributed by atoms with E-state index in [0.717, 1.165) is 31.5 Å². The van der Waals surface area contributed by atoms with E-state index in [-0.39, 0.29) is 17.0 Å². The van der Waals surface area contributed by atoms with Gasteiger partial charge in [-0.15, -0.1) is 10.2 Å². The molecular weight excluding hydrogens is 345 g/mol. The van der Waals surface area contributed by atoms with E-state index >= 15 is 0 Å². The lowest BCUT2D eigenvalue weighted by Gasteiger charge is -2.23. The minimum Gasteiger partial charge on any atom is -0.507 e. The summed E-state index contributed by atoms with van der Waals surface area (Å²) in [6, 6.07) is 6.19. The molecule has 0 spiro atoms. The molecule has 6 nitrogen and oxygen atoms in total. The van der Waals surface area contributed by atoms with Crippen LogP contribution in [0.2, 0.25) is 0 Å². The Hall–Kier alpha value is -3.06. The number of allylic oxidation sites excluding steroid dienone is 1. The highest BCUT2D eigenvalue weighted by Gasteiger charge is 2.20. The second-order valence-electron chi connectivity index (χ2n) is 6.63. The number of rotatable bonds is 4. The molecule has 27 heavy (non-hydrogen) atoms. The molecule has 0 bridgehead atoms. The van der Waals surface area contributed by atoms with Gasteiger partial charge in [-0.05, 0) is 55.6 Å². The summed E-state index contributed by atoms with van der Waals surface area (Å²) in [5.74, 6) is 0.283. The zero-order chi connectivity index (χ0) is 18.8. The van der Waals surface area contributed by atoms with Gasteiger partial charge in [0.05, 0.1) is 11.9 Å². The van der Waals surface area contributed by atoms with Crippen LogP contribution < -0.4 is 5.32 Å². The van der Waals surface area contributed by atoms with E-state index in [4.69, 9.17) is 0 Å². The van der Waals surface area contributed by atoms with E-state index in [0.29, 0.717) is 17.4 Å². The Morgan fingerprint density at radius 3 is 2.59 bits per heavy atom. The fourth-order valence-corrected chi connectivity index (χ4v) is 3.35. The van der Waals surface area contributed by atoms with Crippen LogP contribution in [0.3, 0.4) is 0 Å². The Bertz CT molecular complexity index is 947. The van der Waals surface area contributed by atoms with Gasteiger partial charge < -0.3 is 15.0 Å². The molecule has 0 aliphatic carbocycles. The number of nitrogens with one attached hydrogen (secondary N) is 1. The quantitative estimate of drug-likeness (QED) is 0.743. The van der Waals surface area contributed by atoms with Crippen LogP contribution >= 0.6 is 0 Å². The number of phenols is 1. The summed E-state index contributed by atoms with van der Waals surface area (Å²) in [5, 5.41) is 22.0. The normalized spacial score (nSPS) is 15.0. The maximum Gasteiger partial charge on any atom is 0.177 e. The monoisotopic (exact) mass is 365 g/mol. The van der Waals surface area contributed by atoms with E-state index in [9.17, 15) is 9.50 Å². The smallest absolute Gasteiger partial charge is 0.177 e. The van der Waals surface area contributed by atoms with E-state index in [1.807, 2.05) is 0 Å². The lowest BCUT2D eigenvalue weighted by Crippen LogP contribution is -2.28. The summed E-state index contributed by atoms with van der Waals surface area (Å²) >= 11 is 0. The fourth-order valence-electron chi connectivity index (χ4n) is 3.35. The third-order valence-electron chi connectivity index (χ3n) is 4.90. The maximum absolute atomic E-state index is 14.5. The first kappa shape index (κ1) is 17.4. The number of aromatic nitrogens is 4. The molecule has 1 aliphatic rings. The van der Waals surface area contributed by atoms with Gasteiger partial charge >= 0.3 is 0 Å². The lowest BCUT2D eigenvalue weighted by molar-refractivity contribution is 0.445. The van der Waals surface area contributed by atoms with Crippen molar-refractivity contribution in [1.82, 2.24) is 25.1 Å². The summed E-state index contributed by atoms with van der Waals surface area (Å²) in [6.07, 6.45) is 6.91. The van der Waals surface area contributed by atoms with Gasteiger partial charge in [-0.1, -0.05) is 6.58 Å². The van der Waals surface area contributed by atoms with Gasteiger partial charge in [0.1, 0.15) is 17.3 Å². The first-order valence-corrected chi connectivity index (χ1v) is 8.89. The summed E-state index contributed by atoms with van der Waals surface area (Å²) < 4.78 is 16.1. The van der Waals surface area contributed by atoms with Gasteiger partial charge in [0.25, 0.3) is 0 Å². The average Bonchev–Trinajstić information content (AvgIpc) is 3.24. The Kier molecular flexibility index (Phi) is 4.68. The third-order valence-corrected chi connectivity index (χ3v) is 4.90. The molecule has 2 N–H and O–H groups in total. The van der Waals surface area contributed by atoms with Crippen LogP contribution in [0.5, 0.6) is 5.75 Å². The van der Waals surface area contributed by atoms with E-state index in [1.54, 1.807) is 29.1 Å². The predicted octanol–water partition coefficient (Wildman–Crippen LogP) is 3.19. The van der Waals surface area contributed by atoms with E-state index in [1.165, 1.54) is 18.3 Å². The van der Waals surface area contributed by atoms with Gasteiger partial charge in [0, 0.05) is 24.0 Å². The zero-order valence-electron chi connectivity index (χ0n) is 14.8. The summed E-state index contributed by atoms with van der Waals surface area (Å²) in [6.45, 7) is 6.03. The molecule has 1 fully saturated rings.